The summed E-state index contributed by atoms with van der Waals surface area (Å²) in [6, 6.07) is 3.73. The zero-order chi connectivity index (χ0) is 27.3. The van der Waals surface area contributed by atoms with Crippen molar-refractivity contribution >= 4 is 17.7 Å². The number of halogens is 7. The summed E-state index contributed by atoms with van der Waals surface area (Å²) in [5, 5.41) is 0. The van der Waals surface area contributed by atoms with Crippen LogP contribution in [0.1, 0.15) is 39.2 Å². The van der Waals surface area contributed by atoms with Crippen molar-refractivity contribution < 1.29 is 45.1 Å². The zero-order valence-corrected chi connectivity index (χ0v) is 20.0. The number of hydrogen-bond acceptors (Lipinski definition) is 5. The Labute approximate surface area is 202 Å². The van der Waals surface area contributed by atoms with E-state index in [9.17, 15) is 40.3 Å². The molecule has 2 heterocycles. The molecule has 2 fully saturated rings. The highest BCUT2D eigenvalue weighted by atomic mass is 19.4. The summed E-state index contributed by atoms with van der Waals surface area (Å²) >= 11 is 0. The third-order valence-corrected chi connectivity index (χ3v) is 8.44. The standard InChI is InChI=1S/C23H24F7N3O3/c1-18(2)19(3)10-11-20(18,36-17(19)35)16(34)33(5)15-21(22(25,26)27,23(28,29)30)31-14(32(15)4)12-6-8-13(24)9-7-12/h6-9,15H,10-11H2,1-5H3/t15-,19-,20+/m0/s1. The number of carbonyl (C=O) groups is 2. The van der Waals surface area contributed by atoms with Crippen LogP contribution < -0.4 is 0 Å². The lowest BCUT2D eigenvalue weighted by Gasteiger charge is -2.46. The number of rotatable bonds is 3. The molecule has 1 aliphatic carbocycles. The largest absolute Gasteiger partial charge is 0.448 e. The number of ether oxygens (including phenoxy) is 1. The van der Waals surface area contributed by atoms with E-state index in [-0.39, 0.29) is 18.4 Å². The third-order valence-electron chi connectivity index (χ3n) is 8.44. The molecule has 3 atom stereocenters. The number of hydrogen-bond donors (Lipinski definition) is 0. The number of amides is 1. The van der Waals surface area contributed by atoms with Gasteiger partial charge in [0.1, 0.15) is 17.8 Å². The Bertz CT molecular complexity index is 1130. The highest BCUT2D eigenvalue weighted by molar-refractivity contribution is 6.02. The van der Waals surface area contributed by atoms with Crippen LogP contribution in [-0.2, 0) is 14.3 Å². The SMILES string of the molecule is CN(C(=O)[C@@]12CC[C@@](C)(C(=O)O1)C2(C)C)[C@@H]1N(C)C(c2ccc(F)cc2)=NC1(C(F)(F)F)C(F)(F)F. The van der Waals surface area contributed by atoms with Gasteiger partial charge < -0.3 is 14.5 Å². The summed E-state index contributed by atoms with van der Waals surface area (Å²) in [5.41, 5.74) is -9.23. The zero-order valence-electron chi connectivity index (χ0n) is 20.0. The maximum Gasteiger partial charge on any atom is 0.426 e. The van der Waals surface area contributed by atoms with Gasteiger partial charge in [0.05, 0.1) is 5.41 Å². The Morgan fingerprint density at radius 2 is 1.58 bits per heavy atom. The molecule has 2 aliphatic heterocycles. The fourth-order valence-electron chi connectivity index (χ4n) is 5.80. The number of aliphatic imine (C=N–C) groups is 1. The monoisotopic (exact) mass is 523 g/mol. The Morgan fingerprint density at radius 1 is 1.06 bits per heavy atom. The molecule has 1 saturated heterocycles. The predicted molar refractivity (Wildman–Crippen MR) is 112 cm³/mol. The van der Waals surface area contributed by atoms with Gasteiger partial charge >= 0.3 is 18.3 Å². The van der Waals surface area contributed by atoms with E-state index >= 15 is 0 Å². The van der Waals surface area contributed by atoms with Crippen molar-refractivity contribution in [3.8, 4) is 0 Å². The van der Waals surface area contributed by atoms with Gasteiger partial charge in [-0.15, -0.1) is 0 Å². The van der Waals surface area contributed by atoms with Crippen LogP contribution in [0, 0.1) is 16.6 Å². The number of carbonyl (C=O) groups excluding carboxylic acids is 2. The lowest BCUT2D eigenvalue weighted by Crippen LogP contribution is -2.71. The fourth-order valence-corrected chi connectivity index (χ4v) is 5.80. The fraction of sp³-hybridized carbons (Fsp3) is 0.609. The van der Waals surface area contributed by atoms with E-state index in [1.54, 1.807) is 6.92 Å². The maximum absolute atomic E-state index is 14.4. The number of amidine groups is 1. The topological polar surface area (TPSA) is 62.2 Å². The molecule has 4 rings (SSSR count). The Hall–Kier alpha value is -2.86. The smallest absolute Gasteiger partial charge is 0.426 e. The first-order valence-electron chi connectivity index (χ1n) is 11.0. The average molecular weight is 523 g/mol. The second-order valence-corrected chi connectivity index (χ2v) is 10.3. The van der Waals surface area contributed by atoms with Crippen molar-refractivity contribution in [1.29, 1.82) is 0 Å². The number of esters is 1. The second-order valence-electron chi connectivity index (χ2n) is 10.3. The summed E-state index contributed by atoms with van der Waals surface area (Å²) in [5.74, 6) is -3.41. The number of benzene rings is 1. The molecule has 13 heteroatoms. The Balaban J connectivity index is 1.88. The van der Waals surface area contributed by atoms with Gasteiger partial charge in [0.25, 0.3) is 11.4 Å². The van der Waals surface area contributed by atoms with Gasteiger partial charge in [0.15, 0.2) is 5.60 Å². The molecule has 198 valence electrons. The molecule has 36 heavy (non-hydrogen) atoms. The van der Waals surface area contributed by atoms with Crippen molar-refractivity contribution in [2.45, 2.75) is 63.3 Å². The van der Waals surface area contributed by atoms with Crippen molar-refractivity contribution in [3.05, 3.63) is 35.6 Å². The van der Waals surface area contributed by atoms with Crippen LogP contribution in [0.3, 0.4) is 0 Å². The van der Waals surface area contributed by atoms with Gasteiger partial charge in [-0.2, -0.15) is 26.3 Å². The highest BCUT2D eigenvalue weighted by Crippen LogP contribution is 2.66. The van der Waals surface area contributed by atoms with E-state index < -0.39 is 64.0 Å². The number of fused-ring (bicyclic) bond motifs is 2. The number of nitrogens with zero attached hydrogens (tertiary/aromatic N) is 3. The number of likely N-dealkylation sites (N-methyl/N-ethyl adjacent to an activating group) is 2. The summed E-state index contributed by atoms with van der Waals surface area (Å²) in [4.78, 5) is 30.4. The Kier molecular flexibility index (Phi) is 5.35. The van der Waals surface area contributed by atoms with Crippen LogP contribution >= 0.6 is 0 Å². The van der Waals surface area contributed by atoms with Crippen molar-refractivity contribution in [2.75, 3.05) is 14.1 Å². The summed E-state index contributed by atoms with van der Waals surface area (Å²) in [6.45, 7) is 4.64. The van der Waals surface area contributed by atoms with E-state index in [2.05, 4.69) is 4.99 Å². The van der Waals surface area contributed by atoms with Crippen molar-refractivity contribution in [1.82, 2.24) is 9.80 Å². The third kappa shape index (κ3) is 2.94. The minimum absolute atomic E-state index is 0.0570. The van der Waals surface area contributed by atoms with Crippen molar-refractivity contribution in [2.24, 2.45) is 15.8 Å². The predicted octanol–water partition coefficient (Wildman–Crippen LogP) is 4.29. The lowest BCUT2D eigenvalue weighted by atomic mass is 9.66. The van der Waals surface area contributed by atoms with Gasteiger partial charge in [-0.1, -0.05) is 13.8 Å². The summed E-state index contributed by atoms with van der Waals surface area (Å²) in [6.07, 6.45) is -14.5. The van der Waals surface area contributed by atoms with Crippen LogP contribution in [0.4, 0.5) is 30.7 Å². The molecule has 6 nitrogen and oxygen atoms in total. The summed E-state index contributed by atoms with van der Waals surface area (Å²) < 4.78 is 105. The van der Waals surface area contributed by atoms with Crippen LogP contribution in [0.15, 0.2) is 29.3 Å². The van der Waals surface area contributed by atoms with Crippen LogP contribution in [0.25, 0.3) is 0 Å². The van der Waals surface area contributed by atoms with Gasteiger partial charge in [0, 0.05) is 25.1 Å². The van der Waals surface area contributed by atoms with Gasteiger partial charge in [-0.25, -0.2) is 9.38 Å². The minimum atomic E-state index is -5.98. The lowest BCUT2D eigenvalue weighted by molar-refractivity contribution is -0.312. The molecule has 1 amide bonds. The molecule has 1 saturated carbocycles. The molecular formula is C23H24F7N3O3. The molecular weight excluding hydrogens is 499 g/mol. The normalized spacial score (nSPS) is 30.9. The summed E-state index contributed by atoms with van der Waals surface area (Å²) in [7, 11) is 1.75. The van der Waals surface area contributed by atoms with E-state index in [4.69, 9.17) is 4.74 Å². The minimum Gasteiger partial charge on any atom is -0.448 e. The molecule has 1 aromatic carbocycles. The molecule has 0 N–H and O–H groups in total. The highest BCUT2D eigenvalue weighted by Gasteiger charge is 2.81. The van der Waals surface area contributed by atoms with Crippen molar-refractivity contribution in [3.63, 3.8) is 0 Å². The molecule has 0 spiro atoms. The van der Waals surface area contributed by atoms with Crippen LogP contribution in [0.5, 0.6) is 0 Å². The quantitative estimate of drug-likeness (QED) is 0.438. The molecule has 0 unspecified atom stereocenters. The molecule has 3 aliphatic rings. The second kappa shape index (κ2) is 7.34. The van der Waals surface area contributed by atoms with Crippen LogP contribution in [-0.4, -0.2) is 71.3 Å². The van der Waals surface area contributed by atoms with E-state index in [1.807, 2.05) is 0 Å². The van der Waals surface area contributed by atoms with Gasteiger partial charge in [-0.3, -0.25) is 9.59 Å². The first-order chi connectivity index (χ1) is 16.3. The molecule has 0 radical (unpaired) electrons. The molecule has 1 aromatic rings. The maximum atomic E-state index is 14.4. The first kappa shape index (κ1) is 26.2. The van der Waals surface area contributed by atoms with E-state index in [0.717, 1.165) is 38.4 Å². The van der Waals surface area contributed by atoms with Crippen LogP contribution in [0.2, 0.25) is 0 Å². The van der Waals surface area contributed by atoms with Gasteiger partial charge in [0.2, 0.25) is 0 Å². The molecule has 0 aromatic heterocycles. The Morgan fingerprint density at radius 3 is 2.00 bits per heavy atom. The van der Waals surface area contributed by atoms with E-state index in [0.29, 0.717) is 9.80 Å². The van der Waals surface area contributed by atoms with Gasteiger partial charge in [-0.05, 0) is 44.0 Å². The molecule has 2 bridgehead atoms. The van der Waals surface area contributed by atoms with E-state index in [1.165, 1.54) is 13.8 Å². The average Bonchev–Trinajstić information content (AvgIpc) is 3.24. The number of alkyl halides is 6. The first-order valence-corrected chi connectivity index (χ1v) is 11.0.